The van der Waals surface area contributed by atoms with Crippen LogP contribution in [-0.2, 0) is 0 Å². The van der Waals surface area contributed by atoms with Crippen LogP contribution in [0.1, 0.15) is 20.8 Å². The summed E-state index contributed by atoms with van der Waals surface area (Å²) in [4.78, 5) is 28.9. The first-order chi connectivity index (χ1) is 16.5. The fraction of sp³-hybridized carbons (Fsp3) is 0. The normalized spacial score (nSPS) is 10.9. The van der Waals surface area contributed by atoms with Gasteiger partial charge >= 0.3 is 0 Å². The Hall–Kier alpha value is -3.83. The topological polar surface area (TPSA) is 128 Å². The standard InChI is InChI=1S/C23H15Br2N7O2/c24-14-6-4-12(5-7-14)22(33)28-18-3-1-2-13-10-19(26-20(13)18)23(34)27-17-9-8-15(25)11-16(17)21-29-31-32-30-21/h1-11,26H,(H,27,34)(H,28,33)(H,29,30,31,32). The minimum absolute atomic E-state index is 0.249. The minimum Gasteiger partial charge on any atom is -0.349 e. The van der Waals surface area contributed by atoms with Crippen molar-refractivity contribution in [2.45, 2.75) is 0 Å². The lowest BCUT2D eigenvalue weighted by atomic mass is 10.1. The summed E-state index contributed by atoms with van der Waals surface area (Å²) in [6.07, 6.45) is 0. The number of halogens is 2. The number of benzene rings is 3. The summed E-state index contributed by atoms with van der Waals surface area (Å²) in [5, 5.41) is 20.4. The van der Waals surface area contributed by atoms with Gasteiger partial charge in [0.05, 0.1) is 16.9 Å². The molecule has 0 saturated heterocycles. The Labute approximate surface area is 209 Å². The van der Waals surface area contributed by atoms with Crippen molar-refractivity contribution in [2.24, 2.45) is 0 Å². The van der Waals surface area contributed by atoms with Crippen LogP contribution in [-0.4, -0.2) is 37.4 Å². The lowest BCUT2D eigenvalue weighted by Crippen LogP contribution is -2.13. The van der Waals surface area contributed by atoms with Gasteiger partial charge in [-0.2, -0.15) is 0 Å². The Morgan fingerprint density at radius 1 is 0.824 bits per heavy atom. The van der Waals surface area contributed by atoms with Crippen molar-refractivity contribution in [2.75, 3.05) is 10.6 Å². The first kappa shape index (κ1) is 22.0. The van der Waals surface area contributed by atoms with Crippen molar-refractivity contribution < 1.29 is 9.59 Å². The summed E-state index contributed by atoms with van der Waals surface area (Å²) in [7, 11) is 0. The first-order valence-corrected chi connectivity index (χ1v) is 11.6. The Kier molecular flexibility index (Phi) is 5.95. The molecule has 9 nitrogen and oxygen atoms in total. The molecule has 4 N–H and O–H groups in total. The maximum Gasteiger partial charge on any atom is 0.272 e. The summed E-state index contributed by atoms with van der Waals surface area (Å²) < 4.78 is 1.70. The number of amides is 2. The van der Waals surface area contributed by atoms with E-state index >= 15 is 0 Å². The van der Waals surface area contributed by atoms with Crippen molar-refractivity contribution in [1.82, 2.24) is 25.6 Å². The van der Waals surface area contributed by atoms with E-state index in [1.165, 1.54) is 0 Å². The zero-order valence-corrected chi connectivity index (χ0v) is 20.4. The van der Waals surface area contributed by atoms with Gasteiger partial charge in [0.25, 0.3) is 11.8 Å². The highest BCUT2D eigenvalue weighted by atomic mass is 79.9. The van der Waals surface area contributed by atoms with Gasteiger partial charge in [0.1, 0.15) is 5.69 Å². The number of anilines is 2. The van der Waals surface area contributed by atoms with Crippen LogP contribution in [0.25, 0.3) is 22.3 Å². The van der Waals surface area contributed by atoms with Gasteiger partial charge in [0.2, 0.25) is 0 Å². The van der Waals surface area contributed by atoms with Gasteiger partial charge in [-0.25, -0.2) is 5.10 Å². The van der Waals surface area contributed by atoms with Crippen LogP contribution in [0.15, 0.2) is 75.7 Å². The van der Waals surface area contributed by atoms with Crippen molar-refractivity contribution in [3.8, 4) is 11.4 Å². The van der Waals surface area contributed by atoms with E-state index in [-0.39, 0.29) is 11.8 Å². The number of para-hydroxylation sites is 1. The zero-order chi connectivity index (χ0) is 23.7. The highest BCUT2D eigenvalue weighted by Crippen LogP contribution is 2.30. The third-order valence-electron chi connectivity index (χ3n) is 5.09. The predicted octanol–water partition coefficient (Wildman–Crippen LogP) is 5.38. The highest BCUT2D eigenvalue weighted by molar-refractivity contribution is 9.10. The average Bonchev–Trinajstić information content (AvgIpc) is 3.51. The maximum absolute atomic E-state index is 13.1. The van der Waals surface area contributed by atoms with Crippen molar-refractivity contribution >= 4 is 66.0 Å². The van der Waals surface area contributed by atoms with Gasteiger partial charge in [0, 0.05) is 25.5 Å². The fourth-order valence-electron chi connectivity index (χ4n) is 3.46. The number of H-pyrrole nitrogens is 2. The van der Waals surface area contributed by atoms with Crippen LogP contribution >= 0.6 is 31.9 Å². The molecular formula is C23H15Br2N7O2. The van der Waals surface area contributed by atoms with E-state index in [0.717, 1.165) is 14.3 Å². The third-order valence-corrected chi connectivity index (χ3v) is 6.11. The van der Waals surface area contributed by atoms with Crippen LogP contribution in [0.4, 0.5) is 11.4 Å². The molecule has 0 aliphatic heterocycles. The SMILES string of the molecule is O=C(Nc1cccc2cc(C(=O)Nc3ccc(Br)cc3-c3nnn[nH]3)[nH]c12)c1ccc(Br)cc1. The molecule has 2 amide bonds. The summed E-state index contributed by atoms with van der Waals surface area (Å²) >= 11 is 6.79. The summed E-state index contributed by atoms with van der Waals surface area (Å²) in [6, 6.07) is 19.6. The molecule has 34 heavy (non-hydrogen) atoms. The van der Waals surface area contributed by atoms with Crippen LogP contribution in [0.3, 0.4) is 0 Å². The molecule has 2 heterocycles. The Morgan fingerprint density at radius 2 is 1.59 bits per heavy atom. The van der Waals surface area contributed by atoms with Gasteiger partial charge in [-0.05, 0) is 65.0 Å². The van der Waals surface area contributed by atoms with Crippen molar-refractivity contribution in [3.05, 3.63) is 86.9 Å². The number of aromatic amines is 2. The molecule has 0 fully saturated rings. The molecule has 0 spiro atoms. The molecule has 0 saturated carbocycles. The molecule has 5 rings (SSSR count). The number of hydrogen-bond acceptors (Lipinski definition) is 5. The predicted molar refractivity (Wildman–Crippen MR) is 136 cm³/mol. The highest BCUT2D eigenvalue weighted by Gasteiger charge is 2.17. The van der Waals surface area contributed by atoms with Crippen molar-refractivity contribution in [3.63, 3.8) is 0 Å². The third kappa shape index (κ3) is 4.47. The molecule has 3 aromatic carbocycles. The fourth-order valence-corrected chi connectivity index (χ4v) is 4.09. The number of tetrazole rings is 1. The summed E-state index contributed by atoms with van der Waals surface area (Å²) in [5.41, 5.74) is 3.25. The van der Waals surface area contributed by atoms with Crippen molar-refractivity contribution in [1.29, 1.82) is 0 Å². The second-order valence-corrected chi connectivity index (χ2v) is 9.14. The molecule has 0 atom stereocenters. The number of hydrogen-bond donors (Lipinski definition) is 4. The van der Waals surface area contributed by atoms with E-state index in [9.17, 15) is 9.59 Å². The van der Waals surface area contributed by atoms with Gasteiger partial charge < -0.3 is 15.6 Å². The minimum atomic E-state index is -0.350. The summed E-state index contributed by atoms with van der Waals surface area (Å²) in [5.74, 6) is -0.176. The lowest BCUT2D eigenvalue weighted by Gasteiger charge is -2.09. The second-order valence-electron chi connectivity index (χ2n) is 7.31. The molecule has 0 radical (unpaired) electrons. The van der Waals surface area contributed by atoms with Gasteiger partial charge in [-0.1, -0.05) is 44.0 Å². The van der Waals surface area contributed by atoms with Gasteiger partial charge in [-0.3, -0.25) is 9.59 Å². The molecule has 168 valence electrons. The number of nitrogens with one attached hydrogen (secondary N) is 4. The molecule has 2 aromatic heterocycles. The monoisotopic (exact) mass is 579 g/mol. The quantitative estimate of drug-likeness (QED) is 0.222. The van der Waals surface area contributed by atoms with Crippen LogP contribution < -0.4 is 10.6 Å². The molecule has 0 aliphatic rings. The summed E-state index contributed by atoms with van der Waals surface area (Å²) in [6.45, 7) is 0. The zero-order valence-electron chi connectivity index (χ0n) is 17.3. The van der Waals surface area contributed by atoms with E-state index < -0.39 is 0 Å². The second kappa shape index (κ2) is 9.20. The number of carbonyl (C=O) groups excluding carboxylic acids is 2. The van der Waals surface area contributed by atoms with E-state index in [2.05, 4.69) is 68.1 Å². The number of rotatable bonds is 5. The van der Waals surface area contributed by atoms with Gasteiger partial charge in [0.15, 0.2) is 5.82 Å². The number of fused-ring (bicyclic) bond motifs is 1. The molecule has 0 bridgehead atoms. The molecule has 0 unspecified atom stereocenters. The van der Waals surface area contributed by atoms with E-state index in [0.29, 0.717) is 39.5 Å². The Morgan fingerprint density at radius 3 is 2.35 bits per heavy atom. The molecular weight excluding hydrogens is 566 g/mol. The Bertz CT molecular complexity index is 1510. The first-order valence-electron chi connectivity index (χ1n) is 10.0. The van der Waals surface area contributed by atoms with E-state index in [4.69, 9.17) is 0 Å². The van der Waals surface area contributed by atoms with E-state index in [1.807, 2.05) is 18.2 Å². The van der Waals surface area contributed by atoms with Crippen LogP contribution in [0.5, 0.6) is 0 Å². The Balaban J connectivity index is 1.42. The van der Waals surface area contributed by atoms with E-state index in [1.54, 1.807) is 48.5 Å². The van der Waals surface area contributed by atoms with Crippen LogP contribution in [0.2, 0.25) is 0 Å². The molecule has 11 heteroatoms. The molecule has 0 aliphatic carbocycles. The lowest BCUT2D eigenvalue weighted by molar-refractivity contribution is 0.101. The number of nitrogens with zero attached hydrogens (tertiary/aromatic N) is 3. The van der Waals surface area contributed by atoms with Crippen LogP contribution in [0, 0.1) is 0 Å². The molecule has 5 aromatic rings. The maximum atomic E-state index is 13.1. The average molecular weight is 581 g/mol. The smallest absolute Gasteiger partial charge is 0.272 e. The van der Waals surface area contributed by atoms with Gasteiger partial charge in [-0.15, -0.1) is 5.10 Å². The number of carbonyl (C=O) groups is 2. The largest absolute Gasteiger partial charge is 0.349 e. The number of aromatic nitrogens is 5.